The van der Waals surface area contributed by atoms with E-state index in [1.54, 1.807) is 7.11 Å². The van der Waals surface area contributed by atoms with E-state index < -0.39 is 42.8 Å². The van der Waals surface area contributed by atoms with E-state index in [1.165, 1.54) is 17.5 Å². The van der Waals surface area contributed by atoms with Crippen molar-refractivity contribution in [3.63, 3.8) is 0 Å². The zero-order valence-electron chi connectivity index (χ0n) is 29.5. The third kappa shape index (κ3) is 9.49. The maximum absolute atomic E-state index is 15.6. The summed E-state index contributed by atoms with van der Waals surface area (Å²) in [6.45, 7) is 5.41. The molecule has 5 rings (SSSR count). The standard InChI is InChI=1S/C36H59F4N3O4S/c1-36(24-7-12-29(38)33(20-24)44-4)13-5-6-32-34(36)43(26-10-8-25(37)9-11-26)35(41-32)48-23-28-30(39)21-27(22-31(28)40)47-19-18-46-17-16-45-15-14-42(2)3/h24-31,33H,5-23H2,1-4H3. The molecule has 1 aromatic heterocycles. The van der Waals surface area contributed by atoms with Crippen molar-refractivity contribution in [1.82, 2.24) is 14.5 Å². The normalized spacial score (nSPS) is 36.0. The largest absolute Gasteiger partial charge is 0.378 e. The van der Waals surface area contributed by atoms with Gasteiger partial charge in [-0.05, 0) is 84.2 Å². The Labute approximate surface area is 289 Å². The SMILES string of the molecule is COC1CC(C2(C)CCCc3nc(SCC4C(F)CC(OCCOCCOCCN(C)C)CC4F)n(C4CCC(F)CC4)c32)CCC1F. The first-order valence-electron chi connectivity index (χ1n) is 18.4. The van der Waals surface area contributed by atoms with E-state index in [0.29, 0.717) is 58.7 Å². The molecule has 4 aliphatic carbocycles. The molecule has 0 aromatic carbocycles. The molecule has 0 aliphatic heterocycles. The van der Waals surface area contributed by atoms with Crippen LogP contribution in [-0.4, -0.2) is 118 Å². The van der Waals surface area contributed by atoms with Gasteiger partial charge >= 0.3 is 0 Å². The van der Waals surface area contributed by atoms with E-state index in [4.69, 9.17) is 23.9 Å². The number of nitrogens with zero attached hydrogens (tertiary/aromatic N) is 3. The lowest BCUT2D eigenvalue weighted by molar-refractivity contribution is -0.0607. The highest BCUT2D eigenvalue weighted by Gasteiger charge is 2.48. The zero-order chi connectivity index (χ0) is 34.3. The second kappa shape index (κ2) is 18.0. The molecule has 0 radical (unpaired) electrons. The number of aromatic nitrogens is 2. The third-order valence-corrected chi connectivity index (χ3v) is 12.6. The predicted octanol–water partition coefficient (Wildman–Crippen LogP) is 7.24. The number of thioether (sulfide) groups is 1. The average molecular weight is 706 g/mol. The van der Waals surface area contributed by atoms with Crippen LogP contribution >= 0.6 is 11.8 Å². The van der Waals surface area contributed by atoms with Crippen molar-refractivity contribution in [2.24, 2.45) is 11.8 Å². The van der Waals surface area contributed by atoms with Gasteiger partial charge < -0.3 is 28.4 Å². The Hall–Kier alpha value is -0.920. The summed E-state index contributed by atoms with van der Waals surface area (Å²) in [7, 11) is 5.58. The fourth-order valence-electron chi connectivity index (χ4n) is 8.56. The minimum Gasteiger partial charge on any atom is -0.378 e. The number of rotatable bonds is 16. The monoisotopic (exact) mass is 705 g/mol. The van der Waals surface area contributed by atoms with Gasteiger partial charge in [0, 0.05) is 55.3 Å². The van der Waals surface area contributed by atoms with Crippen LogP contribution in [0.5, 0.6) is 0 Å². The van der Waals surface area contributed by atoms with E-state index in [9.17, 15) is 8.78 Å². The highest BCUT2D eigenvalue weighted by molar-refractivity contribution is 7.99. The number of alkyl halides is 4. The zero-order valence-corrected chi connectivity index (χ0v) is 30.3. The summed E-state index contributed by atoms with van der Waals surface area (Å²) in [6, 6.07) is 0.0993. The number of likely N-dealkylation sites (N-methyl/N-ethyl adjacent to an activating group) is 1. The number of hydrogen-bond donors (Lipinski definition) is 0. The van der Waals surface area contributed by atoms with Gasteiger partial charge in [-0.15, -0.1) is 0 Å². The molecule has 6 unspecified atom stereocenters. The number of imidazole rings is 1. The van der Waals surface area contributed by atoms with Crippen LogP contribution in [0, 0.1) is 11.8 Å². The van der Waals surface area contributed by atoms with Gasteiger partial charge in [0.05, 0.1) is 50.9 Å². The summed E-state index contributed by atoms with van der Waals surface area (Å²) >= 11 is 1.46. The van der Waals surface area contributed by atoms with E-state index in [2.05, 4.69) is 16.4 Å². The minimum absolute atomic E-state index is 0.0993. The van der Waals surface area contributed by atoms with Crippen LogP contribution in [0.15, 0.2) is 5.16 Å². The van der Waals surface area contributed by atoms with E-state index in [0.717, 1.165) is 55.9 Å². The van der Waals surface area contributed by atoms with Crippen molar-refractivity contribution in [2.45, 2.75) is 137 Å². The topological polar surface area (TPSA) is 58.0 Å². The molecule has 0 N–H and O–H groups in total. The van der Waals surface area contributed by atoms with E-state index in [-0.39, 0.29) is 36.0 Å². The molecule has 0 amide bonds. The van der Waals surface area contributed by atoms with Gasteiger partial charge in [0.15, 0.2) is 5.16 Å². The molecule has 3 saturated carbocycles. The maximum Gasteiger partial charge on any atom is 0.168 e. The molecular weight excluding hydrogens is 646 g/mol. The Kier molecular flexibility index (Phi) is 14.4. The molecule has 1 heterocycles. The summed E-state index contributed by atoms with van der Waals surface area (Å²) in [6.07, 6.45) is 2.29. The summed E-state index contributed by atoms with van der Waals surface area (Å²) < 4.78 is 84.9. The molecule has 12 heteroatoms. The Morgan fingerprint density at radius 1 is 0.875 bits per heavy atom. The summed E-state index contributed by atoms with van der Waals surface area (Å²) in [5.41, 5.74) is 2.04. The number of halogens is 4. The number of ether oxygens (including phenoxy) is 4. The second-order valence-electron chi connectivity index (χ2n) is 15.0. The van der Waals surface area contributed by atoms with Crippen LogP contribution in [-0.2, 0) is 30.8 Å². The molecule has 0 spiro atoms. The Morgan fingerprint density at radius 3 is 2.25 bits per heavy atom. The van der Waals surface area contributed by atoms with Gasteiger partial charge in [-0.25, -0.2) is 22.5 Å². The first-order chi connectivity index (χ1) is 23.1. The highest BCUT2D eigenvalue weighted by Crippen LogP contribution is 2.51. The summed E-state index contributed by atoms with van der Waals surface area (Å²) in [5, 5.41) is 0.804. The van der Waals surface area contributed by atoms with Crippen molar-refractivity contribution in [3.8, 4) is 0 Å². The molecule has 1 aromatic rings. The third-order valence-electron chi connectivity index (χ3n) is 11.5. The number of methoxy groups -OCH3 is 1. The van der Waals surface area contributed by atoms with Crippen LogP contribution in [0.3, 0.4) is 0 Å². The summed E-state index contributed by atoms with van der Waals surface area (Å²) in [4.78, 5) is 7.21. The molecule has 48 heavy (non-hydrogen) atoms. The second-order valence-corrected chi connectivity index (χ2v) is 16.0. The van der Waals surface area contributed by atoms with Crippen LogP contribution < -0.4 is 0 Å². The van der Waals surface area contributed by atoms with Crippen molar-refractivity contribution >= 4 is 11.8 Å². The molecule has 6 atom stereocenters. The summed E-state index contributed by atoms with van der Waals surface area (Å²) in [5.74, 6) is -0.217. The van der Waals surface area contributed by atoms with Crippen molar-refractivity contribution in [2.75, 3.05) is 66.5 Å². The highest BCUT2D eigenvalue weighted by atomic mass is 32.2. The van der Waals surface area contributed by atoms with Gasteiger partial charge in [-0.1, -0.05) is 18.7 Å². The predicted molar refractivity (Wildman–Crippen MR) is 181 cm³/mol. The number of hydrogen-bond acceptors (Lipinski definition) is 7. The van der Waals surface area contributed by atoms with Crippen molar-refractivity contribution in [1.29, 1.82) is 0 Å². The molecule has 276 valence electrons. The van der Waals surface area contributed by atoms with Gasteiger partial charge in [-0.3, -0.25) is 0 Å². The smallest absolute Gasteiger partial charge is 0.168 e. The van der Waals surface area contributed by atoms with Gasteiger partial charge in [0.1, 0.15) is 24.7 Å². The molecule has 7 nitrogen and oxygen atoms in total. The van der Waals surface area contributed by atoms with Crippen molar-refractivity contribution in [3.05, 3.63) is 11.4 Å². The molecular formula is C36H59F4N3O4S. The lowest BCUT2D eigenvalue weighted by Gasteiger charge is -2.46. The Balaban J connectivity index is 1.21. The molecule has 0 bridgehead atoms. The quantitative estimate of drug-likeness (QED) is 0.102. The van der Waals surface area contributed by atoms with Crippen molar-refractivity contribution < 1.29 is 36.5 Å². The molecule has 0 saturated heterocycles. The Morgan fingerprint density at radius 2 is 1.56 bits per heavy atom. The number of fused-ring (bicyclic) bond motifs is 1. The lowest BCUT2D eigenvalue weighted by Crippen LogP contribution is -2.44. The van der Waals surface area contributed by atoms with Crippen LogP contribution in [0.4, 0.5) is 17.6 Å². The van der Waals surface area contributed by atoms with Crippen LogP contribution in [0.25, 0.3) is 0 Å². The van der Waals surface area contributed by atoms with Crippen LogP contribution in [0.2, 0.25) is 0 Å². The van der Waals surface area contributed by atoms with Gasteiger partial charge in [-0.2, -0.15) is 0 Å². The molecule has 3 fully saturated rings. The minimum atomic E-state index is -1.32. The fraction of sp³-hybridized carbons (Fsp3) is 0.917. The lowest BCUT2D eigenvalue weighted by atomic mass is 9.62. The van der Waals surface area contributed by atoms with E-state index in [1.807, 2.05) is 14.1 Å². The van der Waals surface area contributed by atoms with E-state index >= 15 is 8.78 Å². The molecule has 4 aliphatic rings. The number of aryl methyl sites for hydroxylation is 1. The van der Waals surface area contributed by atoms with Gasteiger partial charge in [0.25, 0.3) is 0 Å². The Bertz CT molecular complexity index is 1110. The first-order valence-corrected chi connectivity index (χ1v) is 19.3. The first kappa shape index (κ1) is 38.3. The maximum atomic E-state index is 15.6. The average Bonchev–Trinajstić information content (AvgIpc) is 3.44. The fourth-order valence-corrected chi connectivity index (χ4v) is 9.87. The van der Waals surface area contributed by atoms with Gasteiger partial charge in [0.2, 0.25) is 0 Å². The van der Waals surface area contributed by atoms with Crippen LogP contribution in [0.1, 0.15) is 95.0 Å².